The summed E-state index contributed by atoms with van der Waals surface area (Å²) in [6.45, 7) is 0. The van der Waals surface area contributed by atoms with Crippen LogP contribution in [0.1, 0.15) is 0 Å². The minimum atomic E-state index is -1.28. The van der Waals surface area contributed by atoms with Crippen LogP contribution < -0.4 is 0 Å². The summed E-state index contributed by atoms with van der Waals surface area (Å²) in [5.74, 6) is 0. The Kier molecular flexibility index (Phi) is 18.5. The molecule has 0 rings (SSSR count). The van der Waals surface area contributed by atoms with Gasteiger partial charge in [0.15, 0.2) is 0 Å². The van der Waals surface area contributed by atoms with Gasteiger partial charge in [-0.3, -0.25) is 0 Å². The van der Waals surface area contributed by atoms with E-state index in [0.717, 1.165) is 0 Å². The van der Waals surface area contributed by atoms with Crippen LogP contribution >= 0.6 is 30.5 Å². The number of halogens is 3. The van der Waals surface area contributed by atoms with Crippen molar-refractivity contribution in [1.29, 1.82) is 0 Å². The van der Waals surface area contributed by atoms with Crippen molar-refractivity contribution in [3.63, 3.8) is 0 Å². The van der Waals surface area contributed by atoms with Crippen molar-refractivity contribution < 1.29 is 60.1 Å². The van der Waals surface area contributed by atoms with Crippen molar-refractivity contribution in [2.24, 2.45) is 0 Å². The van der Waals surface area contributed by atoms with E-state index in [1.807, 2.05) is 0 Å². The topological polar surface area (TPSA) is 0 Å². The van der Waals surface area contributed by atoms with E-state index >= 15 is 0 Å². The molecule has 0 aliphatic rings. The average molecular weight is 538 g/mol. The molecule has 0 bridgehead atoms. The first-order chi connectivity index (χ1) is 1.73. The summed E-state index contributed by atoms with van der Waals surface area (Å²) in [6, 6.07) is 0. The Labute approximate surface area is 87.4 Å². The molecule has 0 N–H and O–H groups in total. The second-order valence-electron chi connectivity index (χ2n) is 0.247. The van der Waals surface area contributed by atoms with E-state index in [1.54, 1.807) is 0 Å². The summed E-state index contributed by atoms with van der Waals surface area (Å²) in [6.07, 6.45) is 0. The SMILES string of the molecule is [Br][La]([Br])[Br].[Tb]. The summed E-state index contributed by atoms with van der Waals surface area (Å²) in [5, 5.41) is 0. The Bertz CT molecular complexity index is 11.6. The van der Waals surface area contributed by atoms with Crippen LogP contribution in [-0.2, 0) is 0 Å². The van der Waals surface area contributed by atoms with Gasteiger partial charge in [0.2, 0.25) is 0 Å². The molecule has 0 saturated carbocycles. The van der Waals surface area contributed by atoms with Gasteiger partial charge in [0, 0.05) is 38.6 Å². The molecule has 0 aliphatic heterocycles. The van der Waals surface area contributed by atoms with Crippen molar-refractivity contribution >= 4 is 30.5 Å². The molecule has 0 atom stereocenters. The van der Waals surface area contributed by atoms with E-state index in [-0.39, 0.29) is 38.6 Å². The summed E-state index contributed by atoms with van der Waals surface area (Å²) < 4.78 is 0. The van der Waals surface area contributed by atoms with Crippen molar-refractivity contribution in [3.05, 3.63) is 0 Å². The standard InChI is InChI=1S/3BrH.La.Tb/h3*1H;;/q;;;+3;/p-3. The minimum absolute atomic E-state index is 0. The maximum Gasteiger partial charge on any atom is 0 e. The van der Waals surface area contributed by atoms with Gasteiger partial charge in [0.05, 0.1) is 0 Å². The Hall–Kier alpha value is 3.92. The molecule has 0 aromatic carbocycles. The molecule has 33 valence electrons. The fourth-order valence-corrected chi connectivity index (χ4v) is 0. The monoisotopic (exact) mass is 535 g/mol. The molecule has 0 aromatic heterocycles. The molecule has 0 unspecified atom stereocenters. The molecule has 0 amide bonds. The normalized spacial score (nSPS) is 5.40. The maximum atomic E-state index is 3.33. The molecule has 0 aliphatic carbocycles. The third-order valence-electron chi connectivity index (χ3n) is 0. The minimum Gasteiger partial charge on any atom is 0 e. The molecule has 0 saturated heterocycles. The summed E-state index contributed by atoms with van der Waals surface area (Å²) in [4.78, 5) is 0. The van der Waals surface area contributed by atoms with Crippen LogP contribution in [0.4, 0.5) is 0 Å². The predicted octanol–water partition coefficient (Wildman–Crippen LogP) is 2.54. The Morgan fingerprint density at radius 1 is 1.00 bits per heavy atom. The Morgan fingerprint density at radius 3 is 1.00 bits per heavy atom. The van der Waals surface area contributed by atoms with Crippen LogP contribution in [0.25, 0.3) is 0 Å². The molecular weight excluding hydrogens is 538 g/mol. The second-order valence-corrected chi connectivity index (χ2v) is 48.6. The van der Waals surface area contributed by atoms with E-state index in [9.17, 15) is 0 Å². The third kappa shape index (κ3) is 18.1. The van der Waals surface area contributed by atoms with Crippen LogP contribution in [0.2, 0.25) is 0 Å². The van der Waals surface area contributed by atoms with Crippen molar-refractivity contribution in [1.82, 2.24) is 0 Å². The molecule has 0 fully saturated rings. The fraction of sp³-hybridized carbons (Fsp3) is 0. The molecule has 0 heterocycles. The predicted molar refractivity (Wildman–Crippen MR) is 26.8 cm³/mol. The molecule has 5 heavy (non-hydrogen) atoms. The molecule has 5 heteroatoms. The second kappa shape index (κ2) is 7.92. The van der Waals surface area contributed by atoms with Crippen LogP contribution in [0.15, 0.2) is 0 Å². The van der Waals surface area contributed by atoms with Crippen molar-refractivity contribution in [2.75, 3.05) is 0 Å². The average Bonchev–Trinajstić information content (AvgIpc) is 0.811. The van der Waals surface area contributed by atoms with Crippen LogP contribution in [-0.4, -0.2) is 0 Å². The zero-order valence-electron chi connectivity index (χ0n) is 2.04. The molecular formula is Br3LaTb. The van der Waals surface area contributed by atoms with Gasteiger partial charge in [0.25, 0.3) is 0 Å². The first-order valence-corrected chi connectivity index (χ1v) is 24.8. The van der Waals surface area contributed by atoms with Gasteiger partial charge in [-0.05, 0) is 0 Å². The molecule has 0 spiro atoms. The quantitative estimate of drug-likeness (QED) is 0.446. The molecule has 0 aromatic rings. The van der Waals surface area contributed by atoms with E-state index in [1.165, 1.54) is 0 Å². The number of rotatable bonds is 0. The largest absolute Gasteiger partial charge is 0 e. The first kappa shape index (κ1) is 11.7. The molecule has 0 nitrogen and oxygen atoms in total. The van der Waals surface area contributed by atoms with E-state index < -0.39 is 21.5 Å². The summed E-state index contributed by atoms with van der Waals surface area (Å²) in [7, 11) is 9.98. The first-order valence-electron chi connectivity index (χ1n) is 0.655. The van der Waals surface area contributed by atoms with Gasteiger partial charge >= 0.3 is 52.0 Å². The van der Waals surface area contributed by atoms with E-state index in [0.29, 0.717) is 0 Å². The zero-order chi connectivity index (χ0) is 3.58. The van der Waals surface area contributed by atoms with Gasteiger partial charge < -0.3 is 0 Å². The van der Waals surface area contributed by atoms with Crippen molar-refractivity contribution in [2.45, 2.75) is 0 Å². The number of hydrogen-bond acceptors (Lipinski definition) is 0. The van der Waals surface area contributed by atoms with Gasteiger partial charge in [-0.1, -0.05) is 0 Å². The van der Waals surface area contributed by atoms with E-state index in [2.05, 4.69) is 30.5 Å². The Balaban J connectivity index is 0. The Morgan fingerprint density at radius 2 is 1.00 bits per heavy atom. The van der Waals surface area contributed by atoms with Gasteiger partial charge in [-0.2, -0.15) is 0 Å². The van der Waals surface area contributed by atoms with E-state index in [4.69, 9.17) is 0 Å². The summed E-state index contributed by atoms with van der Waals surface area (Å²) in [5.41, 5.74) is 0. The number of hydrogen-bond donors (Lipinski definition) is 0. The van der Waals surface area contributed by atoms with Crippen LogP contribution in [0, 0.1) is 60.1 Å². The molecule has 1 radical (unpaired) electrons. The maximum absolute atomic E-state index is 3.33. The summed E-state index contributed by atoms with van der Waals surface area (Å²) >= 11 is -1.28. The smallest absolute Gasteiger partial charge is 0 e. The van der Waals surface area contributed by atoms with Crippen LogP contribution in [0.3, 0.4) is 0 Å². The van der Waals surface area contributed by atoms with Crippen molar-refractivity contribution in [3.8, 4) is 0 Å². The zero-order valence-corrected chi connectivity index (χ0v) is 12.6. The van der Waals surface area contributed by atoms with Gasteiger partial charge in [0.1, 0.15) is 0 Å². The van der Waals surface area contributed by atoms with Gasteiger partial charge in [-0.25, -0.2) is 0 Å². The van der Waals surface area contributed by atoms with Crippen LogP contribution in [0.5, 0.6) is 0 Å². The fourth-order valence-electron chi connectivity index (χ4n) is 0. The third-order valence-corrected chi connectivity index (χ3v) is 0. The van der Waals surface area contributed by atoms with Gasteiger partial charge in [-0.15, -0.1) is 0 Å².